The topological polar surface area (TPSA) is 73.7 Å². The van der Waals surface area contributed by atoms with Crippen molar-refractivity contribution in [2.75, 3.05) is 20.3 Å². The maximum absolute atomic E-state index is 12.2. The summed E-state index contributed by atoms with van der Waals surface area (Å²) in [6.07, 6.45) is 0.870. The maximum atomic E-state index is 12.2. The van der Waals surface area contributed by atoms with E-state index < -0.39 is 0 Å². The van der Waals surface area contributed by atoms with Gasteiger partial charge < -0.3 is 14.4 Å². The van der Waals surface area contributed by atoms with Gasteiger partial charge >= 0.3 is 0 Å². The molecule has 0 bridgehead atoms. The standard InChI is InChI=1S/C10H11N3O4/c1-16-9-6(14)4-11-13-5-7-12(2-3-17-7)10(15)8(9)13/h4,7H,2-3,5H2,1H3. The van der Waals surface area contributed by atoms with Crippen LogP contribution in [0, 0.1) is 0 Å². The first-order valence-electron chi connectivity index (χ1n) is 5.29. The van der Waals surface area contributed by atoms with Crippen LogP contribution in [0.4, 0.5) is 0 Å². The second kappa shape index (κ2) is 3.56. The van der Waals surface area contributed by atoms with Crippen LogP contribution in [0.15, 0.2) is 11.0 Å². The molecule has 0 N–H and O–H groups in total. The van der Waals surface area contributed by atoms with E-state index in [-0.39, 0.29) is 29.0 Å². The molecule has 1 fully saturated rings. The first-order valence-corrected chi connectivity index (χ1v) is 5.29. The number of aromatic nitrogens is 2. The summed E-state index contributed by atoms with van der Waals surface area (Å²) in [6.45, 7) is 1.48. The number of carbonyl (C=O) groups excluding carboxylic acids is 1. The molecule has 0 radical (unpaired) electrons. The van der Waals surface area contributed by atoms with Crippen LogP contribution < -0.4 is 10.2 Å². The van der Waals surface area contributed by atoms with Crippen LogP contribution in [0.1, 0.15) is 10.5 Å². The maximum Gasteiger partial charge on any atom is 0.278 e. The summed E-state index contributed by atoms with van der Waals surface area (Å²) in [5.74, 6) is -0.212. The molecule has 1 unspecified atom stereocenters. The number of fused-ring (bicyclic) bond motifs is 2. The highest BCUT2D eigenvalue weighted by Gasteiger charge is 2.39. The number of rotatable bonds is 1. The Morgan fingerprint density at radius 3 is 3.12 bits per heavy atom. The summed E-state index contributed by atoms with van der Waals surface area (Å²) >= 11 is 0. The molecule has 0 spiro atoms. The largest absolute Gasteiger partial charge is 0.491 e. The third-order valence-corrected chi connectivity index (χ3v) is 3.00. The van der Waals surface area contributed by atoms with Crippen LogP contribution in [-0.2, 0) is 11.3 Å². The second-order valence-electron chi connectivity index (χ2n) is 3.90. The minimum absolute atomic E-state index is 0.0513. The first kappa shape index (κ1) is 10.3. The highest BCUT2D eigenvalue weighted by Crippen LogP contribution is 2.24. The highest BCUT2D eigenvalue weighted by molar-refractivity contribution is 5.96. The van der Waals surface area contributed by atoms with Crippen molar-refractivity contribution in [3.8, 4) is 5.75 Å². The number of methoxy groups -OCH3 is 1. The number of hydrogen-bond acceptors (Lipinski definition) is 5. The van der Waals surface area contributed by atoms with E-state index in [1.54, 1.807) is 4.90 Å². The minimum atomic E-state index is -0.384. The van der Waals surface area contributed by atoms with Gasteiger partial charge in [0, 0.05) is 6.54 Å². The van der Waals surface area contributed by atoms with Crippen molar-refractivity contribution >= 4 is 5.91 Å². The molecule has 17 heavy (non-hydrogen) atoms. The van der Waals surface area contributed by atoms with E-state index in [1.165, 1.54) is 11.8 Å². The van der Waals surface area contributed by atoms with E-state index in [1.807, 2.05) is 0 Å². The summed E-state index contributed by atoms with van der Waals surface area (Å²) in [6, 6.07) is 0. The number of carbonyl (C=O) groups is 1. The van der Waals surface area contributed by atoms with Crippen LogP contribution in [0.25, 0.3) is 0 Å². The number of amides is 1. The van der Waals surface area contributed by atoms with Crippen molar-refractivity contribution in [3.63, 3.8) is 0 Å². The van der Waals surface area contributed by atoms with Gasteiger partial charge in [0.2, 0.25) is 5.43 Å². The zero-order chi connectivity index (χ0) is 12.0. The van der Waals surface area contributed by atoms with Crippen molar-refractivity contribution in [2.24, 2.45) is 0 Å². The van der Waals surface area contributed by atoms with Gasteiger partial charge in [0.1, 0.15) is 0 Å². The Morgan fingerprint density at radius 2 is 2.35 bits per heavy atom. The normalized spacial score (nSPS) is 22.3. The minimum Gasteiger partial charge on any atom is -0.491 e. The summed E-state index contributed by atoms with van der Waals surface area (Å²) in [5, 5.41) is 3.93. The molecule has 1 aromatic rings. The van der Waals surface area contributed by atoms with E-state index in [9.17, 15) is 9.59 Å². The molecule has 1 aromatic heterocycles. The summed E-state index contributed by atoms with van der Waals surface area (Å²) in [7, 11) is 1.37. The molecule has 0 aliphatic carbocycles. The van der Waals surface area contributed by atoms with E-state index in [0.29, 0.717) is 19.7 Å². The van der Waals surface area contributed by atoms with Crippen LogP contribution in [-0.4, -0.2) is 47.1 Å². The van der Waals surface area contributed by atoms with Gasteiger partial charge in [-0.1, -0.05) is 0 Å². The fraction of sp³-hybridized carbons (Fsp3) is 0.500. The van der Waals surface area contributed by atoms with Crippen LogP contribution in [0.2, 0.25) is 0 Å². The second-order valence-corrected chi connectivity index (χ2v) is 3.90. The lowest BCUT2D eigenvalue weighted by Gasteiger charge is -2.30. The van der Waals surface area contributed by atoms with Gasteiger partial charge in [-0.05, 0) is 0 Å². The van der Waals surface area contributed by atoms with E-state index >= 15 is 0 Å². The van der Waals surface area contributed by atoms with Gasteiger partial charge in [0.25, 0.3) is 5.91 Å². The molecule has 0 aromatic carbocycles. The Kier molecular flexibility index (Phi) is 2.15. The Bertz CT molecular complexity index is 539. The van der Waals surface area contributed by atoms with Crippen LogP contribution in [0.3, 0.4) is 0 Å². The molecule has 1 saturated heterocycles. The van der Waals surface area contributed by atoms with Crippen molar-refractivity contribution in [3.05, 3.63) is 22.1 Å². The Hall–Kier alpha value is -1.89. The third kappa shape index (κ3) is 1.35. The average molecular weight is 237 g/mol. The predicted octanol–water partition coefficient (Wildman–Crippen LogP) is -0.936. The number of ether oxygens (including phenoxy) is 2. The fourth-order valence-electron chi connectivity index (χ4n) is 2.20. The summed E-state index contributed by atoms with van der Waals surface area (Å²) < 4.78 is 11.9. The zero-order valence-electron chi connectivity index (χ0n) is 9.25. The number of nitrogens with zero attached hydrogens (tertiary/aromatic N) is 3. The lowest BCUT2D eigenvalue weighted by Crippen LogP contribution is -2.46. The molecule has 1 amide bonds. The Balaban J connectivity index is 2.18. The molecule has 7 heteroatoms. The van der Waals surface area contributed by atoms with Gasteiger partial charge in [0.05, 0.1) is 26.5 Å². The van der Waals surface area contributed by atoms with Crippen LogP contribution in [0.5, 0.6) is 5.75 Å². The Morgan fingerprint density at radius 1 is 1.53 bits per heavy atom. The predicted molar refractivity (Wildman–Crippen MR) is 55.8 cm³/mol. The van der Waals surface area contributed by atoms with Gasteiger partial charge in [-0.2, -0.15) is 5.10 Å². The van der Waals surface area contributed by atoms with Crippen molar-refractivity contribution < 1.29 is 14.3 Å². The molecule has 1 atom stereocenters. The molecular formula is C10H11N3O4. The molecule has 3 heterocycles. The lowest BCUT2D eigenvalue weighted by atomic mass is 10.2. The number of hydrogen-bond donors (Lipinski definition) is 0. The molecular weight excluding hydrogens is 226 g/mol. The molecule has 0 saturated carbocycles. The molecule has 90 valence electrons. The van der Waals surface area contributed by atoms with Gasteiger partial charge in [-0.15, -0.1) is 0 Å². The zero-order valence-corrected chi connectivity index (χ0v) is 9.25. The van der Waals surface area contributed by atoms with Crippen molar-refractivity contribution in [1.82, 2.24) is 14.7 Å². The van der Waals surface area contributed by atoms with Gasteiger partial charge in [-0.25, -0.2) is 0 Å². The fourth-order valence-corrected chi connectivity index (χ4v) is 2.20. The van der Waals surface area contributed by atoms with Gasteiger partial charge in [0.15, 0.2) is 17.7 Å². The first-order chi connectivity index (χ1) is 8.22. The molecule has 3 rings (SSSR count). The quantitative estimate of drug-likeness (QED) is 0.630. The van der Waals surface area contributed by atoms with Crippen molar-refractivity contribution in [1.29, 1.82) is 0 Å². The average Bonchev–Trinajstić information content (AvgIpc) is 2.78. The lowest BCUT2D eigenvalue weighted by molar-refractivity contribution is 0.00544. The van der Waals surface area contributed by atoms with E-state index in [0.717, 1.165) is 6.20 Å². The third-order valence-electron chi connectivity index (χ3n) is 3.00. The van der Waals surface area contributed by atoms with Crippen LogP contribution >= 0.6 is 0 Å². The Labute approximate surface area is 96.5 Å². The molecule has 7 nitrogen and oxygen atoms in total. The van der Waals surface area contributed by atoms with E-state index in [2.05, 4.69) is 5.10 Å². The molecule has 2 aliphatic heterocycles. The highest BCUT2D eigenvalue weighted by atomic mass is 16.5. The van der Waals surface area contributed by atoms with Crippen molar-refractivity contribution in [2.45, 2.75) is 12.8 Å². The SMILES string of the molecule is COc1c2n(ncc1=O)CC1OCCN1C2=O. The van der Waals surface area contributed by atoms with E-state index in [4.69, 9.17) is 9.47 Å². The smallest absolute Gasteiger partial charge is 0.278 e. The molecule has 2 aliphatic rings. The summed E-state index contributed by atoms with van der Waals surface area (Å²) in [4.78, 5) is 25.3. The monoisotopic (exact) mass is 237 g/mol. The summed E-state index contributed by atoms with van der Waals surface area (Å²) in [5.41, 5.74) is -0.174. The van der Waals surface area contributed by atoms with Gasteiger partial charge in [-0.3, -0.25) is 14.3 Å².